The summed E-state index contributed by atoms with van der Waals surface area (Å²) >= 11 is 0. The standard InChI is InChI=1S/C24H21N3O6/c1-13-10-19(27-23(30)24(31)32)16-5-2-6-17(16)21(13)33-15-7-8-20(28)18(11-15)22(29)26-14-4-3-9-25-12-14/h3-4,7-12,28H,2,5-6H2,1H3,(H,26,29)(H,27,30)(H,31,32). The van der Waals surface area contributed by atoms with Crippen molar-refractivity contribution in [2.24, 2.45) is 0 Å². The molecule has 0 unspecified atom stereocenters. The number of carboxylic acid groups (broad SMARTS) is 1. The molecule has 4 N–H and O–H groups in total. The Morgan fingerprint density at radius 3 is 2.58 bits per heavy atom. The van der Waals surface area contributed by atoms with Crippen LogP contribution in [0, 0.1) is 6.92 Å². The number of amides is 2. The van der Waals surface area contributed by atoms with Gasteiger partial charge in [-0.2, -0.15) is 0 Å². The van der Waals surface area contributed by atoms with Crippen LogP contribution in [0.1, 0.15) is 33.5 Å². The van der Waals surface area contributed by atoms with Crippen molar-refractivity contribution in [3.63, 3.8) is 0 Å². The number of nitrogens with zero attached hydrogens (tertiary/aromatic N) is 1. The number of pyridine rings is 1. The van der Waals surface area contributed by atoms with Crippen molar-refractivity contribution < 1.29 is 29.3 Å². The number of nitrogens with one attached hydrogen (secondary N) is 2. The molecule has 0 bridgehead atoms. The highest BCUT2D eigenvalue weighted by atomic mass is 16.5. The Morgan fingerprint density at radius 1 is 1.06 bits per heavy atom. The van der Waals surface area contributed by atoms with E-state index in [2.05, 4.69) is 15.6 Å². The number of ether oxygens (including phenoxy) is 1. The van der Waals surface area contributed by atoms with E-state index >= 15 is 0 Å². The van der Waals surface area contributed by atoms with Gasteiger partial charge < -0.3 is 25.6 Å². The third-order valence-corrected chi connectivity index (χ3v) is 5.33. The number of hydrogen-bond donors (Lipinski definition) is 4. The summed E-state index contributed by atoms with van der Waals surface area (Å²) in [7, 11) is 0. The van der Waals surface area contributed by atoms with Crippen molar-refractivity contribution in [2.45, 2.75) is 26.2 Å². The molecule has 0 radical (unpaired) electrons. The number of hydrogen-bond acceptors (Lipinski definition) is 6. The molecule has 4 rings (SSSR count). The summed E-state index contributed by atoms with van der Waals surface area (Å²) in [5.74, 6) is -2.43. The molecule has 33 heavy (non-hydrogen) atoms. The first-order valence-electron chi connectivity index (χ1n) is 10.3. The van der Waals surface area contributed by atoms with Crippen molar-refractivity contribution in [1.82, 2.24) is 4.98 Å². The summed E-state index contributed by atoms with van der Waals surface area (Å²) in [4.78, 5) is 39.2. The third-order valence-electron chi connectivity index (χ3n) is 5.33. The van der Waals surface area contributed by atoms with Crippen LogP contribution >= 0.6 is 0 Å². The second kappa shape index (κ2) is 8.99. The molecule has 0 atom stereocenters. The van der Waals surface area contributed by atoms with Gasteiger partial charge in [0.05, 0.1) is 17.4 Å². The normalized spacial score (nSPS) is 12.0. The van der Waals surface area contributed by atoms with Gasteiger partial charge in [0.25, 0.3) is 5.91 Å². The number of aliphatic carboxylic acids is 1. The molecule has 9 nitrogen and oxygen atoms in total. The lowest BCUT2D eigenvalue weighted by Crippen LogP contribution is -2.22. The summed E-state index contributed by atoms with van der Waals surface area (Å²) in [5, 5.41) is 24.2. The largest absolute Gasteiger partial charge is 0.507 e. The summed E-state index contributed by atoms with van der Waals surface area (Å²) in [6.45, 7) is 1.79. The molecule has 168 valence electrons. The number of phenolic OH excluding ortho intramolecular Hbond substituents is 1. The van der Waals surface area contributed by atoms with E-state index < -0.39 is 17.8 Å². The molecule has 1 heterocycles. The van der Waals surface area contributed by atoms with Crippen molar-refractivity contribution >= 4 is 29.2 Å². The van der Waals surface area contributed by atoms with E-state index in [1.54, 1.807) is 37.4 Å². The zero-order valence-corrected chi connectivity index (χ0v) is 17.7. The maximum absolute atomic E-state index is 12.7. The molecule has 9 heteroatoms. The minimum Gasteiger partial charge on any atom is -0.507 e. The van der Waals surface area contributed by atoms with Gasteiger partial charge >= 0.3 is 11.9 Å². The number of aryl methyl sites for hydroxylation is 1. The molecule has 1 aromatic heterocycles. The van der Waals surface area contributed by atoms with Crippen LogP contribution in [0.3, 0.4) is 0 Å². The van der Waals surface area contributed by atoms with Crippen molar-refractivity contribution in [3.8, 4) is 17.2 Å². The second-order valence-electron chi connectivity index (χ2n) is 7.62. The molecular formula is C24H21N3O6. The molecule has 2 aromatic carbocycles. The van der Waals surface area contributed by atoms with E-state index in [-0.39, 0.29) is 11.3 Å². The summed E-state index contributed by atoms with van der Waals surface area (Å²) in [6, 6.07) is 9.42. The van der Waals surface area contributed by atoms with Gasteiger partial charge in [0, 0.05) is 17.4 Å². The first-order chi connectivity index (χ1) is 15.8. The number of rotatable bonds is 5. The lowest BCUT2D eigenvalue weighted by molar-refractivity contribution is -0.147. The summed E-state index contributed by atoms with van der Waals surface area (Å²) in [6.07, 6.45) is 5.29. The van der Waals surface area contributed by atoms with Crippen LogP contribution in [0.25, 0.3) is 0 Å². The van der Waals surface area contributed by atoms with Crippen LogP contribution in [0.4, 0.5) is 11.4 Å². The fraction of sp³-hybridized carbons (Fsp3) is 0.167. The van der Waals surface area contributed by atoms with Gasteiger partial charge in [0.15, 0.2) is 0 Å². The van der Waals surface area contributed by atoms with Gasteiger partial charge in [-0.25, -0.2) is 4.79 Å². The fourth-order valence-corrected chi connectivity index (χ4v) is 3.84. The van der Waals surface area contributed by atoms with Crippen LogP contribution < -0.4 is 15.4 Å². The highest BCUT2D eigenvalue weighted by Crippen LogP contribution is 2.41. The van der Waals surface area contributed by atoms with Crippen molar-refractivity contribution in [1.29, 1.82) is 0 Å². The van der Waals surface area contributed by atoms with Gasteiger partial charge in [-0.15, -0.1) is 0 Å². The maximum Gasteiger partial charge on any atom is 0.394 e. The van der Waals surface area contributed by atoms with Crippen LogP contribution in [0.2, 0.25) is 0 Å². The van der Waals surface area contributed by atoms with E-state index in [0.29, 0.717) is 41.3 Å². The van der Waals surface area contributed by atoms with Crippen LogP contribution in [0.15, 0.2) is 48.8 Å². The average Bonchev–Trinajstić information content (AvgIpc) is 3.28. The number of fused-ring (bicyclic) bond motifs is 1. The van der Waals surface area contributed by atoms with E-state index in [0.717, 1.165) is 17.5 Å². The molecule has 1 aliphatic rings. The fourth-order valence-electron chi connectivity index (χ4n) is 3.84. The highest BCUT2D eigenvalue weighted by Gasteiger charge is 2.25. The van der Waals surface area contributed by atoms with Gasteiger partial charge in [-0.1, -0.05) is 0 Å². The van der Waals surface area contributed by atoms with E-state index in [1.807, 2.05) is 0 Å². The number of benzene rings is 2. The van der Waals surface area contributed by atoms with Gasteiger partial charge in [-0.05, 0) is 73.7 Å². The van der Waals surface area contributed by atoms with Crippen LogP contribution in [-0.4, -0.2) is 33.0 Å². The Balaban J connectivity index is 1.62. The molecule has 0 saturated carbocycles. The summed E-state index contributed by atoms with van der Waals surface area (Å²) in [5.41, 5.74) is 3.40. The Hall–Kier alpha value is -4.40. The average molecular weight is 447 g/mol. The zero-order valence-electron chi connectivity index (χ0n) is 17.7. The number of carbonyl (C=O) groups is 3. The van der Waals surface area contributed by atoms with Gasteiger partial charge in [0.2, 0.25) is 0 Å². The molecule has 0 spiro atoms. The highest BCUT2D eigenvalue weighted by molar-refractivity contribution is 6.36. The smallest absolute Gasteiger partial charge is 0.394 e. The number of anilines is 2. The number of aromatic hydroxyl groups is 1. The van der Waals surface area contributed by atoms with E-state index in [9.17, 15) is 19.5 Å². The van der Waals surface area contributed by atoms with Crippen molar-refractivity contribution in [2.75, 3.05) is 10.6 Å². The van der Waals surface area contributed by atoms with Crippen LogP contribution in [-0.2, 0) is 22.4 Å². The maximum atomic E-state index is 12.7. The predicted octanol–water partition coefficient (Wildman–Crippen LogP) is 3.65. The monoisotopic (exact) mass is 447 g/mol. The minimum atomic E-state index is -1.55. The van der Waals surface area contributed by atoms with Crippen LogP contribution in [0.5, 0.6) is 17.2 Å². The SMILES string of the molecule is Cc1cc(NC(=O)C(=O)O)c2c(c1Oc1ccc(O)c(C(=O)Nc3cccnc3)c1)CCC2. The Kier molecular flexibility index (Phi) is 5.95. The lowest BCUT2D eigenvalue weighted by Gasteiger charge is -2.18. The Bertz CT molecular complexity index is 1260. The molecule has 3 aromatic rings. The number of carboxylic acids is 1. The number of carbonyl (C=O) groups excluding carboxylic acids is 2. The molecule has 0 fully saturated rings. The molecular weight excluding hydrogens is 426 g/mol. The van der Waals surface area contributed by atoms with E-state index in [4.69, 9.17) is 9.84 Å². The summed E-state index contributed by atoms with van der Waals surface area (Å²) < 4.78 is 6.12. The van der Waals surface area contributed by atoms with Gasteiger partial charge in [-0.3, -0.25) is 14.6 Å². The first kappa shape index (κ1) is 21.8. The first-order valence-corrected chi connectivity index (χ1v) is 10.3. The minimum absolute atomic E-state index is 0.0380. The van der Waals surface area contributed by atoms with Crippen molar-refractivity contribution in [3.05, 3.63) is 71.0 Å². The number of phenols is 1. The molecule has 2 amide bonds. The van der Waals surface area contributed by atoms with Gasteiger partial charge in [0.1, 0.15) is 17.2 Å². The third kappa shape index (κ3) is 4.62. The second-order valence-corrected chi connectivity index (χ2v) is 7.62. The zero-order chi connectivity index (χ0) is 23.5. The van der Waals surface area contributed by atoms with E-state index in [1.165, 1.54) is 18.3 Å². The Labute approximate surface area is 189 Å². The quantitative estimate of drug-likeness (QED) is 0.438. The Morgan fingerprint density at radius 2 is 1.85 bits per heavy atom. The molecule has 0 aliphatic heterocycles. The lowest BCUT2D eigenvalue weighted by atomic mass is 10.0. The number of aromatic nitrogens is 1. The molecule has 1 aliphatic carbocycles. The molecule has 0 saturated heterocycles. The predicted molar refractivity (Wildman–Crippen MR) is 120 cm³/mol. The topological polar surface area (TPSA) is 138 Å².